The van der Waals surface area contributed by atoms with Crippen LogP contribution in [0.4, 0.5) is 0 Å². The van der Waals surface area contributed by atoms with E-state index in [0.29, 0.717) is 12.5 Å². The number of guanidine groups is 1. The summed E-state index contributed by atoms with van der Waals surface area (Å²) < 4.78 is 0. The lowest BCUT2D eigenvalue weighted by Gasteiger charge is -2.28. The molecule has 1 unspecified atom stereocenters. The van der Waals surface area contributed by atoms with Crippen LogP contribution in [0.15, 0.2) is 4.99 Å². The molecule has 6 heteroatoms. The summed E-state index contributed by atoms with van der Waals surface area (Å²) in [6, 6.07) is 0. The summed E-state index contributed by atoms with van der Waals surface area (Å²) in [6.07, 6.45) is 4.65. The van der Waals surface area contributed by atoms with E-state index in [1.807, 2.05) is 0 Å². The molecule has 0 aromatic heterocycles. The first-order valence-corrected chi connectivity index (χ1v) is 8.67. The Morgan fingerprint density at radius 1 is 1.18 bits per heavy atom. The predicted octanol–water partition coefficient (Wildman–Crippen LogP) is 0.410. The van der Waals surface area contributed by atoms with Crippen molar-refractivity contribution in [3.63, 3.8) is 0 Å². The van der Waals surface area contributed by atoms with Gasteiger partial charge < -0.3 is 20.9 Å². The molecule has 0 spiro atoms. The molecular weight excluding hydrogens is 278 g/mol. The largest absolute Gasteiger partial charge is 0.357 e. The molecule has 3 N–H and O–H groups in total. The van der Waals surface area contributed by atoms with Gasteiger partial charge in [-0.15, -0.1) is 0 Å². The number of carbonyl (C=O) groups excluding carboxylic acids is 1. The molecule has 22 heavy (non-hydrogen) atoms. The van der Waals surface area contributed by atoms with Gasteiger partial charge in [-0.25, -0.2) is 0 Å². The highest BCUT2D eigenvalue weighted by molar-refractivity contribution is 5.81. The molecule has 1 saturated carbocycles. The van der Waals surface area contributed by atoms with Gasteiger partial charge in [-0.05, 0) is 52.1 Å². The Morgan fingerprint density at radius 2 is 1.95 bits per heavy atom. The molecular formula is C16H31N5O. The third-order valence-electron chi connectivity index (χ3n) is 4.24. The summed E-state index contributed by atoms with van der Waals surface area (Å²) in [5.41, 5.74) is 0. The standard InChI is InChI=1S/C16H31N5O/c1-3-17-16(19-9-8-18-15(22)14-6-7-14)20-11-13-5-4-10-21(2)12-13/h13-14H,3-12H2,1-2H3,(H,18,22)(H2,17,19,20). The van der Waals surface area contributed by atoms with Crippen molar-refractivity contribution in [2.75, 3.05) is 46.3 Å². The van der Waals surface area contributed by atoms with Crippen molar-refractivity contribution in [1.82, 2.24) is 20.9 Å². The molecule has 2 rings (SSSR count). The fraction of sp³-hybridized carbons (Fsp3) is 0.875. The maximum absolute atomic E-state index is 11.5. The second-order valence-corrected chi connectivity index (χ2v) is 6.48. The van der Waals surface area contributed by atoms with Crippen LogP contribution in [0.5, 0.6) is 0 Å². The van der Waals surface area contributed by atoms with E-state index in [4.69, 9.17) is 4.99 Å². The highest BCUT2D eigenvalue weighted by Gasteiger charge is 2.28. The molecule has 1 atom stereocenters. The summed E-state index contributed by atoms with van der Waals surface area (Å²) in [4.78, 5) is 18.6. The quantitative estimate of drug-likeness (QED) is 0.362. The van der Waals surface area contributed by atoms with Crippen LogP contribution < -0.4 is 16.0 Å². The highest BCUT2D eigenvalue weighted by Crippen LogP contribution is 2.28. The lowest BCUT2D eigenvalue weighted by atomic mass is 9.99. The Labute approximate surface area is 134 Å². The van der Waals surface area contributed by atoms with Crippen LogP contribution in [0, 0.1) is 11.8 Å². The Kier molecular flexibility index (Phi) is 6.96. The minimum atomic E-state index is 0.203. The topological polar surface area (TPSA) is 68.8 Å². The van der Waals surface area contributed by atoms with Gasteiger partial charge in [0.1, 0.15) is 0 Å². The van der Waals surface area contributed by atoms with E-state index < -0.39 is 0 Å². The summed E-state index contributed by atoms with van der Waals surface area (Å²) in [7, 11) is 2.18. The van der Waals surface area contributed by atoms with Crippen molar-refractivity contribution < 1.29 is 4.79 Å². The minimum absolute atomic E-state index is 0.203. The SMILES string of the molecule is CCNC(=NCC1CCCN(C)C1)NCCNC(=O)C1CC1. The van der Waals surface area contributed by atoms with Gasteiger partial charge in [0.15, 0.2) is 5.96 Å². The number of carbonyl (C=O) groups is 1. The van der Waals surface area contributed by atoms with Crippen LogP contribution in [-0.2, 0) is 4.79 Å². The van der Waals surface area contributed by atoms with E-state index >= 15 is 0 Å². The summed E-state index contributed by atoms with van der Waals surface area (Å²) >= 11 is 0. The highest BCUT2D eigenvalue weighted by atomic mass is 16.2. The molecule has 1 aliphatic heterocycles. The number of hydrogen-bond donors (Lipinski definition) is 3. The van der Waals surface area contributed by atoms with E-state index in [1.54, 1.807) is 0 Å². The normalized spacial score (nSPS) is 23.2. The Hall–Kier alpha value is -1.30. The zero-order chi connectivity index (χ0) is 15.8. The molecule has 1 amide bonds. The van der Waals surface area contributed by atoms with Crippen molar-refractivity contribution in [2.24, 2.45) is 16.8 Å². The molecule has 6 nitrogen and oxygen atoms in total. The average molecular weight is 309 g/mol. The van der Waals surface area contributed by atoms with Gasteiger partial charge in [0.05, 0.1) is 0 Å². The number of rotatable bonds is 7. The smallest absolute Gasteiger partial charge is 0.223 e. The van der Waals surface area contributed by atoms with Gasteiger partial charge in [-0.2, -0.15) is 0 Å². The number of nitrogens with one attached hydrogen (secondary N) is 3. The molecule has 2 fully saturated rings. The summed E-state index contributed by atoms with van der Waals surface area (Å²) in [6.45, 7) is 7.51. The average Bonchev–Trinajstić information content (AvgIpc) is 3.33. The molecule has 2 aliphatic rings. The second-order valence-electron chi connectivity index (χ2n) is 6.48. The maximum Gasteiger partial charge on any atom is 0.223 e. The molecule has 1 heterocycles. The zero-order valence-corrected chi connectivity index (χ0v) is 14.0. The molecule has 1 saturated heterocycles. The van der Waals surface area contributed by atoms with Gasteiger partial charge in [0.25, 0.3) is 0 Å². The van der Waals surface area contributed by atoms with Crippen LogP contribution >= 0.6 is 0 Å². The Morgan fingerprint density at radius 3 is 2.64 bits per heavy atom. The van der Waals surface area contributed by atoms with Crippen molar-refractivity contribution >= 4 is 11.9 Å². The summed E-state index contributed by atoms with van der Waals surface area (Å²) in [5.74, 6) is 2.00. The van der Waals surface area contributed by atoms with E-state index in [9.17, 15) is 4.79 Å². The first kappa shape index (κ1) is 17.1. The number of piperidine rings is 1. The lowest BCUT2D eigenvalue weighted by Crippen LogP contribution is -2.42. The third kappa shape index (κ3) is 6.22. The van der Waals surface area contributed by atoms with Gasteiger partial charge >= 0.3 is 0 Å². The van der Waals surface area contributed by atoms with Gasteiger partial charge in [-0.3, -0.25) is 9.79 Å². The van der Waals surface area contributed by atoms with E-state index in [2.05, 4.69) is 34.8 Å². The summed E-state index contributed by atoms with van der Waals surface area (Å²) in [5, 5.41) is 9.53. The van der Waals surface area contributed by atoms with Crippen LogP contribution in [0.2, 0.25) is 0 Å². The first-order chi connectivity index (χ1) is 10.7. The lowest BCUT2D eigenvalue weighted by molar-refractivity contribution is -0.122. The monoisotopic (exact) mass is 309 g/mol. The fourth-order valence-electron chi connectivity index (χ4n) is 2.84. The Bertz CT molecular complexity index is 381. The number of hydrogen-bond acceptors (Lipinski definition) is 3. The molecule has 1 aliphatic carbocycles. The molecule has 0 aromatic carbocycles. The molecule has 126 valence electrons. The van der Waals surface area contributed by atoms with E-state index in [1.165, 1.54) is 19.4 Å². The third-order valence-corrected chi connectivity index (χ3v) is 4.24. The Balaban J connectivity index is 1.66. The fourth-order valence-corrected chi connectivity index (χ4v) is 2.84. The second kappa shape index (κ2) is 8.98. The van der Waals surface area contributed by atoms with Crippen molar-refractivity contribution in [3.8, 4) is 0 Å². The van der Waals surface area contributed by atoms with Gasteiger partial charge in [-0.1, -0.05) is 0 Å². The first-order valence-electron chi connectivity index (χ1n) is 8.67. The number of aliphatic imine (C=N–C) groups is 1. The van der Waals surface area contributed by atoms with Crippen molar-refractivity contribution in [1.29, 1.82) is 0 Å². The number of nitrogens with zero attached hydrogens (tertiary/aromatic N) is 2. The van der Waals surface area contributed by atoms with E-state index in [-0.39, 0.29) is 11.8 Å². The van der Waals surface area contributed by atoms with E-state index in [0.717, 1.165) is 45.0 Å². The van der Waals surface area contributed by atoms with Crippen LogP contribution in [0.1, 0.15) is 32.6 Å². The molecule has 0 aromatic rings. The molecule has 0 radical (unpaired) electrons. The maximum atomic E-state index is 11.5. The van der Waals surface area contributed by atoms with Crippen LogP contribution in [-0.4, -0.2) is 63.1 Å². The van der Waals surface area contributed by atoms with Crippen LogP contribution in [0.3, 0.4) is 0 Å². The number of amides is 1. The van der Waals surface area contributed by atoms with Crippen molar-refractivity contribution in [3.05, 3.63) is 0 Å². The predicted molar refractivity (Wildman–Crippen MR) is 89.9 cm³/mol. The van der Waals surface area contributed by atoms with Gasteiger partial charge in [0.2, 0.25) is 5.91 Å². The van der Waals surface area contributed by atoms with Crippen molar-refractivity contribution in [2.45, 2.75) is 32.6 Å². The van der Waals surface area contributed by atoms with Gasteiger partial charge in [0, 0.05) is 38.6 Å². The number of likely N-dealkylation sites (tertiary alicyclic amines) is 1. The minimum Gasteiger partial charge on any atom is -0.357 e. The molecule has 0 bridgehead atoms. The zero-order valence-electron chi connectivity index (χ0n) is 14.0. The van der Waals surface area contributed by atoms with Crippen LogP contribution in [0.25, 0.3) is 0 Å².